The lowest BCUT2D eigenvalue weighted by atomic mass is 10.1. The summed E-state index contributed by atoms with van der Waals surface area (Å²) >= 11 is 1.78. The minimum Gasteiger partial charge on any atom is -0.324 e. The Morgan fingerprint density at radius 3 is 1.82 bits per heavy atom. The fraction of sp³-hybridized carbons (Fsp3) is 0.200. The van der Waals surface area contributed by atoms with Gasteiger partial charge in [-0.05, 0) is 43.7 Å². The lowest BCUT2D eigenvalue weighted by Gasteiger charge is -2.07. The van der Waals surface area contributed by atoms with Gasteiger partial charge in [-0.2, -0.15) is 0 Å². The molecule has 88 valence electrons. The Labute approximate surface area is 107 Å². The van der Waals surface area contributed by atoms with Crippen LogP contribution in [0, 0.1) is 6.92 Å². The van der Waals surface area contributed by atoms with E-state index in [0.29, 0.717) is 0 Å². The topological polar surface area (TPSA) is 26.0 Å². The van der Waals surface area contributed by atoms with Crippen LogP contribution in [0.25, 0.3) is 0 Å². The van der Waals surface area contributed by atoms with Crippen LogP contribution in [0.1, 0.15) is 24.1 Å². The highest BCUT2D eigenvalue weighted by molar-refractivity contribution is 7.99. The lowest BCUT2D eigenvalue weighted by Crippen LogP contribution is -2.04. The first-order valence-electron chi connectivity index (χ1n) is 5.75. The normalized spacial score (nSPS) is 12.4. The van der Waals surface area contributed by atoms with Gasteiger partial charge in [0.1, 0.15) is 0 Å². The maximum Gasteiger partial charge on any atom is 0.0266 e. The summed E-state index contributed by atoms with van der Waals surface area (Å²) in [5.41, 5.74) is 8.30. The molecule has 17 heavy (non-hydrogen) atoms. The van der Waals surface area contributed by atoms with Crippen LogP contribution in [0.4, 0.5) is 0 Å². The molecule has 0 aliphatic carbocycles. The summed E-state index contributed by atoms with van der Waals surface area (Å²) in [5, 5.41) is 0. The first-order valence-corrected chi connectivity index (χ1v) is 6.57. The molecule has 0 aliphatic heterocycles. The quantitative estimate of drug-likeness (QED) is 0.875. The molecular formula is C15H17NS. The first kappa shape index (κ1) is 12.2. The highest BCUT2D eigenvalue weighted by Crippen LogP contribution is 2.28. The summed E-state index contributed by atoms with van der Waals surface area (Å²) in [5.74, 6) is 0. The van der Waals surface area contributed by atoms with E-state index in [0.717, 1.165) is 0 Å². The molecule has 2 aromatic rings. The summed E-state index contributed by atoms with van der Waals surface area (Å²) in [6.07, 6.45) is 0. The van der Waals surface area contributed by atoms with Crippen LogP contribution in [-0.2, 0) is 0 Å². The zero-order valence-electron chi connectivity index (χ0n) is 10.2. The molecule has 1 nitrogen and oxygen atoms in total. The van der Waals surface area contributed by atoms with Crippen LogP contribution in [0.3, 0.4) is 0 Å². The Hall–Kier alpha value is -1.25. The number of hydrogen-bond acceptors (Lipinski definition) is 2. The van der Waals surface area contributed by atoms with Crippen LogP contribution in [0.5, 0.6) is 0 Å². The van der Waals surface area contributed by atoms with E-state index in [1.165, 1.54) is 20.9 Å². The third-order valence-corrected chi connectivity index (χ3v) is 3.68. The van der Waals surface area contributed by atoms with E-state index in [2.05, 4.69) is 55.5 Å². The Balaban J connectivity index is 2.11. The molecule has 2 N–H and O–H groups in total. The maximum absolute atomic E-state index is 5.83. The number of nitrogens with two attached hydrogens (primary N) is 1. The molecule has 0 heterocycles. The summed E-state index contributed by atoms with van der Waals surface area (Å²) in [6, 6.07) is 17.1. The van der Waals surface area contributed by atoms with Gasteiger partial charge in [-0.1, -0.05) is 41.6 Å². The molecule has 0 spiro atoms. The smallest absolute Gasteiger partial charge is 0.0266 e. The van der Waals surface area contributed by atoms with Gasteiger partial charge in [-0.3, -0.25) is 0 Å². The van der Waals surface area contributed by atoms with Crippen molar-refractivity contribution < 1.29 is 0 Å². The monoisotopic (exact) mass is 243 g/mol. The van der Waals surface area contributed by atoms with Crippen molar-refractivity contribution >= 4 is 11.8 Å². The molecule has 0 aromatic heterocycles. The minimum absolute atomic E-state index is 0.105. The molecule has 0 bridgehead atoms. The summed E-state index contributed by atoms with van der Waals surface area (Å²) in [4.78, 5) is 2.52. The number of aryl methyl sites for hydroxylation is 1. The molecule has 0 amide bonds. The number of hydrogen-bond donors (Lipinski definition) is 1. The lowest BCUT2D eigenvalue weighted by molar-refractivity contribution is 0.817. The molecular weight excluding hydrogens is 226 g/mol. The largest absolute Gasteiger partial charge is 0.324 e. The maximum atomic E-state index is 5.83. The van der Waals surface area contributed by atoms with Crippen LogP contribution in [0.15, 0.2) is 58.3 Å². The third kappa shape index (κ3) is 3.35. The predicted molar refractivity (Wildman–Crippen MR) is 74.3 cm³/mol. The average Bonchev–Trinajstić information content (AvgIpc) is 2.33. The number of benzene rings is 2. The summed E-state index contributed by atoms with van der Waals surface area (Å²) in [7, 11) is 0. The van der Waals surface area contributed by atoms with E-state index in [9.17, 15) is 0 Å². The van der Waals surface area contributed by atoms with Gasteiger partial charge < -0.3 is 5.73 Å². The molecule has 0 radical (unpaired) electrons. The van der Waals surface area contributed by atoms with Gasteiger partial charge >= 0.3 is 0 Å². The van der Waals surface area contributed by atoms with Crippen molar-refractivity contribution in [2.75, 3.05) is 0 Å². The van der Waals surface area contributed by atoms with Crippen molar-refractivity contribution in [2.24, 2.45) is 5.73 Å². The fourth-order valence-corrected chi connectivity index (χ4v) is 2.40. The number of rotatable bonds is 3. The van der Waals surface area contributed by atoms with E-state index in [1.54, 1.807) is 11.8 Å². The highest BCUT2D eigenvalue weighted by atomic mass is 32.2. The Kier molecular flexibility index (Phi) is 3.87. The van der Waals surface area contributed by atoms with E-state index in [1.807, 2.05) is 6.92 Å². The summed E-state index contributed by atoms with van der Waals surface area (Å²) in [6.45, 7) is 4.11. The van der Waals surface area contributed by atoms with Gasteiger partial charge in [-0.15, -0.1) is 0 Å². The fourth-order valence-electron chi connectivity index (χ4n) is 1.58. The van der Waals surface area contributed by atoms with E-state index < -0.39 is 0 Å². The Morgan fingerprint density at radius 1 is 0.882 bits per heavy atom. The molecule has 0 unspecified atom stereocenters. The van der Waals surface area contributed by atoms with Crippen molar-refractivity contribution in [2.45, 2.75) is 29.7 Å². The standard InChI is InChI=1S/C15H17NS/c1-11-3-7-14(8-4-11)17-15-9-5-13(6-10-15)12(2)16/h3-10,12H,16H2,1-2H3/t12-/m0/s1. The van der Waals surface area contributed by atoms with Crippen molar-refractivity contribution in [1.29, 1.82) is 0 Å². The average molecular weight is 243 g/mol. The predicted octanol–water partition coefficient (Wildman–Crippen LogP) is 4.17. The molecule has 0 saturated carbocycles. The Bertz CT molecular complexity index is 471. The molecule has 0 fully saturated rings. The van der Waals surface area contributed by atoms with Crippen LogP contribution in [0.2, 0.25) is 0 Å². The molecule has 2 aromatic carbocycles. The van der Waals surface area contributed by atoms with Crippen LogP contribution in [-0.4, -0.2) is 0 Å². The van der Waals surface area contributed by atoms with Crippen LogP contribution >= 0.6 is 11.8 Å². The van der Waals surface area contributed by atoms with Gasteiger partial charge in [0.25, 0.3) is 0 Å². The van der Waals surface area contributed by atoms with E-state index >= 15 is 0 Å². The van der Waals surface area contributed by atoms with Crippen LogP contribution < -0.4 is 5.73 Å². The van der Waals surface area contributed by atoms with Crippen molar-refractivity contribution in [3.8, 4) is 0 Å². The second-order valence-electron chi connectivity index (χ2n) is 4.27. The zero-order valence-corrected chi connectivity index (χ0v) is 11.0. The SMILES string of the molecule is Cc1ccc(Sc2ccc([C@H](C)N)cc2)cc1. The van der Waals surface area contributed by atoms with E-state index in [-0.39, 0.29) is 6.04 Å². The highest BCUT2D eigenvalue weighted by Gasteiger charge is 2.00. The second kappa shape index (κ2) is 5.39. The van der Waals surface area contributed by atoms with Crippen molar-refractivity contribution in [3.05, 3.63) is 59.7 Å². The molecule has 0 aliphatic rings. The van der Waals surface area contributed by atoms with Gasteiger partial charge in [0.15, 0.2) is 0 Å². The minimum atomic E-state index is 0.105. The van der Waals surface area contributed by atoms with E-state index in [4.69, 9.17) is 5.73 Å². The molecule has 2 heteroatoms. The van der Waals surface area contributed by atoms with Crippen molar-refractivity contribution in [3.63, 3.8) is 0 Å². The van der Waals surface area contributed by atoms with Gasteiger partial charge in [0.2, 0.25) is 0 Å². The second-order valence-corrected chi connectivity index (χ2v) is 5.42. The summed E-state index contributed by atoms with van der Waals surface area (Å²) < 4.78 is 0. The van der Waals surface area contributed by atoms with Gasteiger partial charge in [-0.25, -0.2) is 0 Å². The molecule has 0 saturated heterocycles. The first-order chi connectivity index (χ1) is 8.15. The zero-order chi connectivity index (χ0) is 12.3. The van der Waals surface area contributed by atoms with Gasteiger partial charge in [0.05, 0.1) is 0 Å². The van der Waals surface area contributed by atoms with Gasteiger partial charge in [0, 0.05) is 15.8 Å². The third-order valence-electron chi connectivity index (χ3n) is 2.66. The molecule has 1 atom stereocenters. The van der Waals surface area contributed by atoms with Crippen molar-refractivity contribution in [1.82, 2.24) is 0 Å². The molecule has 2 rings (SSSR count). The Morgan fingerprint density at radius 2 is 1.35 bits per heavy atom.